The van der Waals surface area contributed by atoms with Gasteiger partial charge in [-0.2, -0.15) is 0 Å². The van der Waals surface area contributed by atoms with Gasteiger partial charge in [0.25, 0.3) is 0 Å². The number of carbonyl (C=O) groups excluding carboxylic acids is 1. The largest absolute Gasteiger partial charge is 0.462 e. The van der Waals surface area contributed by atoms with Gasteiger partial charge in [-0.25, -0.2) is 12.8 Å². The lowest BCUT2D eigenvalue weighted by Gasteiger charge is -2.25. The van der Waals surface area contributed by atoms with Gasteiger partial charge >= 0.3 is 5.97 Å². The smallest absolute Gasteiger partial charge is 0.327 e. The van der Waals surface area contributed by atoms with Crippen LogP contribution >= 0.6 is 0 Å². The molecule has 0 aliphatic heterocycles. The van der Waals surface area contributed by atoms with E-state index in [1.165, 1.54) is 19.1 Å². The van der Waals surface area contributed by atoms with Crippen LogP contribution in [0.25, 0.3) is 0 Å². The van der Waals surface area contributed by atoms with Gasteiger partial charge < -0.3 is 4.74 Å². The summed E-state index contributed by atoms with van der Waals surface area (Å²) in [5, 5.41) is 0. The number of hydrogen-bond acceptors (Lipinski definition) is 4. The molecule has 0 fully saturated rings. The van der Waals surface area contributed by atoms with E-state index >= 15 is 0 Å². The second-order valence-electron chi connectivity index (χ2n) is 4.88. The quantitative estimate of drug-likeness (QED) is 0.755. The predicted molar refractivity (Wildman–Crippen MR) is 79.2 cm³/mol. The van der Waals surface area contributed by atoms with Crippen LogP contribution in [0.3, 0.4) is 0 Å². The van der Waals surface area contributed by atoms with Crippen molar-refractivity contribution in [2.75, 3.05) is 16.6 Å². The zero-order valence-corrected chi connectivity index (χ0v) is 13.4. The third-order valence-electron chi connectivity index (χ3n) is 2.77. The average molecular weight is 317 g/mol. The molecule has 0 amide bonds. The molecule has 0 saturated heterocycles. The second-order valence-corrected chi connectivity index (χ2v) is 7.06. The number of aryl methyl sites for hydroxylation is 1. The summed E-state index contributed by atoms with van der Waals surface area (Å²) < 4.78 is 43.5. The summed E-state index contributed by atoms with van der Waals surface area (Å²) in [4.78, 5) is 11.8. The van der Waals surface area contributed by atoms with E-state index in [0.717, 1.165) is 10.4 Å². The molecule has 1 aromatic rings. The van der Waals surface area contributed by atoms with Gasteiger partial charge in [-0.15, -0.1) is 0 Å². The number of ether oxygens (including phenoxy) is 1. The van der Waals surface area contributed by atoms with E-state index in [-0.39, 0.29) is 17.5 Å². The fraction of sp³-hybridized carbons (Fsp3) is 0.500. The van der Waals surface area contributed by atoms with Crippen molar-refractivity contribution in [3.63, 3.8) is 0 Å². The molecule has 0 heterocycles. The highest BCUT2D eigenvalue weighted by Crippen LogP contribution is 2.24. The Morgan fingerprint density at radius 2 is 2.00 bits per heavy atom. The number of hydrogen-bond donors (Lipinski definition) is 0. The summed E-state index contributed by atoms with van der Waals surface area (Å²) in [6.07, 6.45) is -0.335. The molecule has 0 atom stereocenters. The number of benzene rings is 1. The molecular formula is C14H20FNO4S. The summed E-state index contributed by atoms with van der Waals surface area (Å²) in [6, 6.07) is 3.73. The van der Waals surface area contributed by atoms with Crippen LogP contribution in [0.5, 0.6) is 0 Å². The number of sulfonamides is 1. The van der Waals surface area contributed by atoms with Crippen LogP contribution in [0.4, 0.5) is 10.1 Å². The molecular weight excluding hydrogens is 297 g/mol. The molecule has 0 unspecified atom stereocenters. The highest BCUT2D eigenvalue weighted by atomic mass is 32.2. The van der Waals surface area contributed by atoms with E-state index < -0.39 is 28.4 Å². The topological polar surface area (TPSA) is 63.7 Å². The Hall–Kier alpha value is -1.63. The van der Waals surface area contributed by atoms with Crippen molar-refractivity contribution in [2.45, 2.75) is 33.8 Å². The van der Waals surface area contributed by atoms with Gasteiger partial charge in [0.15, 0.2) is 0 Å². The first kappa shape index (κ1) is 17.4. The fourth-order valence-corrected chi connectivity index (χ4v) is 2.92. The predicted octanol–water partition coefficient (Wildman–Crippen LogP) is 2.24. The minimum absolute atomic E-state index is 0.168. The second kappa shape index (κ2) is 6.89. The molecule has 0 N–H and O–H groups in total. The van der Waals surface area contributed by atoms with Gasteiger partial charge in [-0.05, 0) is 51.5 Å². The maximum atomic E-state index is 13.2. The number of anilines is 1. The first-order chi connectivity index (χ1) is 9.67. The van der Waals surface area contributed by atoms with Crippen LogP contribution in [0, 0.1) is 12.7 Å². The van der Waals surface area contributed by atoms with E-state index in [0.29, 0.717) is 5.56 Å². The van der Waals surface area contributed by atoms with Gasteiger partial charge in [0, 0.05) is 0 Å². The minimum atomic E-state index is -3.67. The highest BCUT2D eigenvalue weighted by molar-refractivity contribution is 7.92. The van der Waals surface area contributed by atoms with Crippen molar-refractivity contribution < 1.29 is 22.3 Å². The molecule has 0 bridgehead atoms. The summed E-state index contributed by atoms with van der Waals surface area (Å²) in [6.45, 7) is 6.00. The van der Waals surface area contributed by atoms with Crippen molar-refractivity contribution in [1.82, 2.24) is 0 Å². The summed E-state index contributed by atoms with van der Waals surface area (Å²) in [5.41, 5.74) is 0.711. The van der Waals surface area contributed by atoms with Crippen molar-refractivity contribution in [2.24, 2.45) is 0 Å². The van der Waals surface area contributed by atoms with Crippen LogP contribution in [-0.4, -0.2) is 32.8 Å². The molecule has 0 aromatic heterocycles. The van der Waals surface area contributed by atoms with Crippen molar-refractivity contribution >= 4 is 21.7 Å². The fourth-order valence-electron chi connectivity index (χ4n) is 1.81. The zero-order chi connectivity index (χ0) is 16.2. The molecule has 0 aliphatic carbocycles. The molecule has 0 spiro atoms. The van der Waals surface area contributed by atoms with Gasteiger partial charge in [0.2, 0.25) is 10.0 Å². The lowest BCUT2D eigenvalue weighted by Crippen LogP contribution is -2.38. The van der Waals surface area contributed by atoms with E-state index in [4.69, 9.17) is 4.74 Å². The highest BCUT2D eigenvalue weighted by Gasteiger charge is 2.25. The molecule has 0 radical (unpaired) electrons. The number of halogens is 1. The molecule has 118 valence electrons. The zero-order valence-electron chi connectivity index (χ0n) is 12.6. The van der Waals surface area contributed by atoms with Crippen LogP contribution < -0.4 is 4.31 Å². The van der Waals surface area contributed by atoms with Crippen molar-refractivity contribution in [3.8, 4) is 0 Å². The third-order valence-corrected chi connectivity index (χ3v) is 4.49. The standard InChI is InChI=1S/C14H20FNO4S/c1-5-21(18,19)16(9-14(17)20-10(2)3)13-7-6-12(15)8-11(13)4/h6-8,10H,5,9H2,1-4H3. The Balaban J connectivity index is 3.18. The van der Waals surface area contributed by atoms with E-state index in [1.807, 2.05) is 0 Å². The van der Waals surface area contributed by atoms with Gasteiger partial charge in [0.1, 0.15) is 12.4 Å². The van der Waals surface area contributed by atoms with E-state index in [2.05, 4.69) is 0 Å². The Morgan fingerprint density at radius 1 is 1.38 bits per heavy atom. The average Bonchev–Trinajstić information content (AvgIpc) is 2.35. The Morgan fingerprint density at radius 3 is 2.48 bits per heavy atom. The maximum Gasteiger partial charge on any atom is 0.327 e. The van der Waals surface area contributed by atoms with Crippen molar-refractivity contribution in [3.05, 3.63) is 29.6 Å². The molecule has 0 aliphatic rings. The molecule has 21 heavy (non-hydrogen) atoms. The third kappa shape index (κ3) is 4.70. The van der Waals surface area contributed by atoms with Gasteiger partial charge in [-0.3, -0.25) is 9.10 Å². The lowest BCUT2D eigenvalue weighted by atomic mass is 10.2. The Bertz CT molecular complexity index is 613. The van der Waals surface area contributed by atoms with Gasteiger partial charge in [0.05, 0.1) is 17.5 Å². The maximum absolute atomic E-state index is 13.2. The molecule has 0 saturated carbocycles. The normalized spacial score (nSPS) is 11.5. The molecule has 5 nitrogen and oxygen atoms in total. The van der Waals surface area contributed by atoms with Gasteiger partial charge in [-0.1, -0.05) is 0 Å². The number of nitrogens with zero attached hydrogens (tertiary/aromatic N) is 1. The van der Waals surface area contributed by atoms with Crippen LogP contribution in [0.1, 0.15) is 26.3 Å². The number of rotatable bonds is 6. The first-order valence-corrected chi connectivity index (χ1v) is 8.24. The number of esters is 1. The van der Waals surface area contributed by atoms with Crippen LogP contribution in [0.15, 0.2) is 18.2 Å². The minimum Gasteiger partial charge on any atom is -0.462 e. The first-order valence-electron chi connectivity index (χ1n) is 6.63. The lowest BCUT2D eigenvalue weighted by molar-refractivity contribution is -0.145. The molecule has 7 heteroatoms. The monoisotopic (exact) mass is 317 g/mol. The van der Waals surface area contributed by atoms with Crippen molar-refractivity contribution in [1.29, 1.82) is 0 Å². The number of carbonyl (C=O) groups is 1. The molecule has 1 rings (SSSR count). The summed E-state index contributed by atoms with van der Waals surface area (Å²) in [7, 11) is -3.67. The van der Waals surface area contributed by atoms with Crippen LogP contribution in [-0.2, 0) is 19.6 Å². The SMILES string of the molecule is CCS(=O)(=O)N(CC(=O)OC(C)C)c1ccc(F)cc1C. The molecule has 1 aromatic carbocycles. The van der Waals surface area contributed by atoms with E-state index in [9.17, 15) is 17.6 Å². The van der Waals surface area contributed by atoms with E-state index in [1.54, 1.807) is 20.8 Å². The summed E-state index contributed by atoms with van der Waals surface area (Å²) in [5.74, 6) is -1.28. The Kier molecular flexibility index (Phi) is 5.71. The summed E-state index contributed by atoms with van der Waals surface area (Å²) >= 11 is 0. The Labute approximate surface area is 124 Å². The van der Waals surface area contributed by atoms with Crippen LogP contribution in [0.2, 0.25) is 0 Å².